The van der Waals surface area contributed by atoms with E-state index in [4.69, 9.17) is 5.73 Å². The van der Waals surface area contributed by atoms with Crippen molar-refractivity contribution in [1.82, 2.24) is 0 Å². The van der Waals surface area contributed by atoms with E-state index in [1.165, 1.54) is 12.1 Å². The maximum Gasteiger partial charge on any atom is 0.469 e. The third-order valence-corrected chi connectivity index (χ3v) is 1.98. The van der Waals surface area contributed by atoms with Gasteiger partial charge in [0.15, 0.2) is 5.75 Å². The molecular weight excluding hydrogens is 202 g/mol. The lowest BCUT2D eigenvalue weighted by atomic mass is 10.1. The Morgan fingerprint density at radius 2 is 1.79 bits per heavy atom. The minimum atomic E-state index is -4.52. The summed E-state index contributed by atoms with van der Waals surface area (Å²) in [6.07, 6.45) is -4.52. The van der Waals surface area contributed by atoms with Crippen LogP contribution in [0.5, 0.6) is 5.75 Å². The topological polar surface area (TPSA) is 35.2 Å². The van der Waals surface area contributed by atoms with E-state index in [9.17, 15) is 17.6 Å². The summed E-state index contributed by atoms with van der Waals surface area (Å²) in [5.41, 5.74) is 4.13. The predicted octanol–water partition coefficient (Wildman–Crippen LogP) is 2.35. The number of rotatable bonds is 0. The van der Waals surface area contributed by atoms with Crippen molar-refractivity contribution in [2.24, 2.45) is 0 Å². The van der Waals surface area contributed by atoms with Crippen molar-refractivity contribution in [2.45, 2.75) is 12.0 Å². The maximum absolute atomic E-state index is 13.0. The molecule has 0 spiro atoms. The van der Waals surface area contributed by atoms with Gasteiger partial charge >= 0.3 is 12.0 Å². The molecule has 0 atom stereocenters. The normalized spacial score (nSPS) is 21.4. The second-order valence-electron chi connectivity index (χ2n) is 2.92. The number of nitrogen functional groups attached to an aromatic ring is 1. The summed E-state index contributed by atoms with van der Waals surface area (Å²) in [4.78, 5) is 0. The molecule has 0 bridgehead atoms. The van der Waals surface area contributed by atoms with E-state index in [1.54, 1.807) is 0 Å². The Labute approximate surface area is 76.3 Å². The van der Waals surface area contributed by atoms with E-state index in [0.717, 1.165) is 6.07 Å². The lowest BCUT2D eigenvalue weighted by molar-refractivity contribution is -0.296. The molecule has 6 heteroatoms. The standard InChI is InChI=1S/C8H5F4NO/c9-7(10)4-2-1-3-5(13)6(4)14-8(7,11)12/h1-3H,13H2. The van der Waals surface area contributed by atoms with Gasteiger partial charge in [-0.1, -0.05) is 6.07 Å². The van der Waals surface area contributed by atoms with Crippen LogP contribution in [0.2, 0.25) is 0 Å². The summed E-state index contributed by atoms with van der Waals surface area (Å²) < 4.78 is 55.1. The van der Waals surface area contributed by atoms with Crippen LogP contribution < -0.4 is 10.5 Å². The first-order valence-corrected chi connectivity index (χ1v) is 3.70. The molecule has 0 unspecified atom stereocenters. The number of anilines is 1. The van der Waals surface area contributed by atoms with Gasteiger partial charge in [0, 0.05) is 0 Å². The molecule has 0 aromatic heterocycles. The zero-order valence-corrected chi connectivity index (χ0v) is 6.73. The van der Waals surface area contributed by atoms with Gasteiger partial charge in [0.05, 0.1) is 11.3 Å². The fraction of sp³-hybridized carbons (Fsp3) is 0.250. The Bertz CT molecular complexity index is 391. The molecule has 0 saturated carbocycles. The number of ether oxygens (including phenoxy) is 1. The highest BCUT2D eigenvalue weighted by Gasteiger charge is 2.66. The van der Waals surface area contributed by atoms with Crippen molar-refractivity contribution in [3.05, 3.63) is 23.8 Å². The van der Waals surface area contributed by atoms with E-state index in [2.05, 4.69) is 4.74 Å². The first kappa shape index (κ1) is 9.11. The number of nitrogens with two attached hydrogens (primary N) is 1. The molecule has 2 nitrogen and oxygen atoms in total. The Balaban J connectivity index is 2.66. The summed E-state index contributed by atoms with van der Waals surface area (Å²) in [5, 5.41) is 0. The largest absolute Gasteiger partial charge is 0.469 e. The molecule has 1 aliphatic rings. The highest BCUT2D eigenvalue weighted by atomic mass is 19.3. The van der Waals surface area contributed by atoms with Gasteiger partial charge in [-0.25, -0.2) is 0 Å². The van der Waals surface area contributed by atoms with Crippen molar-refractivity contribution in [3.8, 4) is 5.75 Å². The highest BCUT2D eigenvalue weighted by molar-refractivity contribution is 5.60. The van der Waals surface area contributed by atoms with Crippen LogP contribution in [-0.2, 0) is 5.92 Å². The van der Waals surface area contributed by atoms with Crippen LogP contribution in [0.25, 0.3) is 0 Å². The predicted molar refractivity (Wildman–Crippen MR) is 40.3 cm³/mol. The van der Waals surface area contributed by atoms with Crippen LogP contribution in [-0.4, -0.2) is 6.11 Å². The number of hydrogen-bond acceptors (Lipinski definition) is 2. The highest BCUT2D eigenvalue weighted by Crippen LogP contribution is 2.54. The van der Waals surface area contributed by atoms with Gasteiger partial charge in [-0.15, -0.1) is 0 Å². The van der Waals surface area contributed by atoms with Gasteiger partial charge in [0.1, 0.15) is 0 Å². The van der Waals surface area contributed by atoms with Gasteiger partial charge < -0.3 is 10.5 Å². The van der Waals surface area contributed by atoms with Crippen LogP contribution in [0.15, 0.2) is 18.2 Å². The van der Waals surface area contributed by atoms with E-state index in [0.29, 0.717) is 0 Å². The maximum atomic E-state index is 13.0. The number of hydrogen-bond donors (Lipinski definition) is 1. The van der Waals surface area contributed by atoms with Crippen LogP contribution >= 0.6 is 0 Å². The third kappa shape index (κ3) is 0.906. The molecule has 2 N–H and O–H groups in total. The van der Waals surface area contributed by atoms with E-state index >= 15 is 0 Å². The molecule has 0 saturated heterocycles. The summed E-state index contributed by atoms with van der Waals surface area (Å²) in [6, 6.07) is 3.26. The van der Waals surface area contributed by atoms with Crippen molar-refractivity contribution in [3.63, 3.8) is 0 Å². The molecule has 14 heavy (non-hydrogen) atoms. The molecule has 1 aliphatic heterocycles. The molecule has 1 aromatic rings. The first-order valence-electron chi connectivity index (χ1n) is 3.70. The zero-order chi connectivity index (χ0) is 10.6. The molecule has 1 aromatic carbocycles. The number of benzene rings is 1. The van der Waals surface area contributed by atoms with Crippen molar-refractivity contribution in [1.29, 1.82) is 0 Å². The average molecular weight is 207 g/mol. The number of alkyl halides is 4. The zero-order valence-electron chi connectivity index (χ0n) is 6.73. The van der Waals surface area contributed by atoms with Crippen molar-refractivity contribution in [2.75, 3.05) is 5.73 Å². The third-order valence-electron chi connectivity index (χ3n) is 1.98. The Morgan fingerprint density at radius 1 is 1.14 bits per heavy atom. The summed E-state index contributed by atoms with van der Waals surface area (Å²) in [7, 11) is 0. The quantitative estimate of drug-likeness (QED) is 0.523. The Kier molecular flexibility index (Phi) is 1.51. The second kappa shape index (κ2) is 2.31. The molecule has 0 aliphatic carbocycles. The molecule has 0 radical (unpaired) electrons. The van der Waals surface area contributed by atoms with Gasteiger partial charge in [-0.05, 0) is 12.1 Å². The van der Waals surface area contributed by atoms with Crippen LogP contribution in [0, 0.1) is 0 Å². The second-order valence-corrected chi connectivity index (χ2v) is 2.92. The monoisotopic (exact) mass is 207 g/mol. The lowest BCUT2D eigenvalue weighted by Crippen LogP contribution is -2.36. The summed E-state index contributed by atoms with van der Waals surface area (Å²) >= 11 is 0. The SMILES string of the molecule is Nc1cccc2c1OC(F)(F)C2(F)F. The summed E-state index contributed by atoms with van der Waals surface area (Å²) in [5.74, 6) is -4.96. The molecule has 0 amide bonds. The van der Waals surface area contributed by atoms with E-state index in [-0.39, 0.29) is 5.69 Å². The van der Waals surface area contributed by atoms with Crippen molar-refractivity contribution >= 4 is 5.69 Å². The number of halogens is 4. The van der Waals surface area contributed by atoms with Gasteiger partial charge in [0.2, 0.25) is 0 Å². The van der Waals surface area contributed by atoms with Gasteiger partial charge in [-0.2, -0.15) is 17.6 Å². The molecular formula is C8H5F4NO. The van der Waals surface area contributed by atoms with Gasteiger partial charge in [0.25, 0.3) is 0 Å². The minimum absolute atomic E-state index is 0.223. The molecule has 0 fully saturated rings. The van der Waals surface area contributed by atoms with E-state index < -0.39 is 23.3 Å². The number of fused-ring (bicyclic) bond motifs is 1. The lowest BCUT2D eigenvalue weighted by Gasteiger charge is -2.15. The minimum Gasteiger partial charge on any atom is -0.425 e. The van der Waals surface area contributed by atoms with E-state index in [1.807, 2.05) is 0 Å². The van der Waals surface area contributed by atoms with Crippen LogP contribution in [0.1, 0.15) is 5.56 Å². The van der Waals surface area contributed by atoms with Crippen molar-refractivity contribution < 1.29 is 22.3 Å². The molecule has 2 rings (SSSR count). The molecule has 76 valence electrons. The van der Waals surface area contributed by atoms with Crippen LogP contribution in [0.3, 0.4) is 0 Å². The fourth-order valence-corrected chi connectivity index (χ4v) is 1.27. The Morgan fingerprint density at radius 3 is 2.36 bits per heavy atom. The number of para-hydroxylation sites is 1. The Hall–Kier alpha value is -1.46. The molecule has 1 heterocycles. The fourth-order valence-electron chi connectivity index (χ4n) is 1.27. The first-order chi connectivity index (χ1) is 6.36. The smallest absolute Gasteiger partial charge is 0.425 e. The van der Waals surface area contributed by atoms with Gasteiger partial charge in [-0.3, -0.25) is 0 Å². The average Bonchev–Trinajstić information content (AvgIpc) is 2.24. The summed E-state index contributed by atoms with van der Waals surface area (Å²) in [6.45, 7) is 0. The van der Waals surface area contributed by atoms with Crippen LogP contribution in [0.4, 0.5) is 23.2 Å².